The van der Waals surface area contributed by atoms with Crippen molar-refractivity contribution in [2.75, 3.05) is 26.3 Å². The normalized spacial score (nSPS) is 29.3. The standard InChI is InChI=1S/C11H19N3O3/c12-11(16)9-7-17-5-4-14(9)10(15)6-8-2-1-3-13-8/h8-9,13H,1-7H2,(H2,12,16). The number of hydrogen-bond donors (Lipinski definition) is 2. The summed E-state index contributed by atoms with van der Waals surface area (Å²) >= 11 is 0. The van der Waals surface area contributed by atoms with Crippen molar-refractivity contribution < 1.29 is 14.3 Å². The number of nitrogens with two attached hydrogens (primary N) is 1. The first kappa shape index (κ1) is 12.3. The molecule has 0 aromatic carbocycles. The monoisotopic (exact) mass is 241 g/mol. The van der Waals surface area contributed by atoms with Crippen molar-refractivity contribution in [3.63, 3.8) is 0 Å². The Bertz CT molecular complexity index is 302. The molecule has 96 valence electrons. The van der Waals surface area contributed by atoms with Crippen LogP contribution in [0.5, 0.6) is 0 Å². The lowest BCUT2D eigenvalue weighted by Crippen LogP contribution is -2.55. The Balaban J connectivity index is 1.93. The topological polar surface area (TPSA) is 84.7 Å². The third-order valence-corrected chi connectivity index (χ3v) is 3.36. The van der Waals surface area contributed by atoms with Crippen molar-refractivity contribution in [3.8, 4) is 0 Å². The number of carbonyl (C=O) groups is 2. The zero-order valence-corrected chi connectivity index (χ0v) is 9.85. The van der Waals surface area contributed by atoms with Gasteiger partial charge in [-0.25, -0.2) is 0 Å². The van der Waals surface area contributed by atoms with E-state index in [4.69, 9.17) is 10.5 Å². The molecule has 0 saturated carbocycles. The van der Waals surface area contributed by atoms with E-state index in [9.17, 15) is 9.59 Å². The Morgan fingerprint density at radius 3 is 2.94 bits per heavy atom. The molecule has 0 aliphatic carbocycles. The summed E-state index contributed by atoms with van der Waals surface area (Å²) in [6.45, 7) is 2.13. The zero-order chi connectivity index (χ0) is 12.3. The molecular weight excluding hydrogens is 222 g/mol. The molecule has 2 amide bonds. The first-order valence-electron chi connectivity index (χ1n) is 6.08. The van der Waals surface area contributed by atoms with Crippen molar-refractivity contribution in [3.05, 3.63) is 0 Å². The van der Waals surface area contributed by atoms with Crippen LogP contribution in [0.4, 0.5) is 0 Å². The third kappa shape index (κ3) is 2.95. The van der Waals surface area contributed by atoms with Crippen molar-refractivity contribution in [2.24, 2.45) is 5.73 Å². The molecule has 2 heterocycles. The number of amides is 2. The molecule has 0 aromatic rings. The molecule has 2 saturated heterocycles. The van der Waals surface area contributed by atoms with Gasteiger partial charge in [0, 0.05) is 19.0 Å². The average Bonchev–Trinajstić information content (AvgIpc) is 2.81. The van der Waals surface area contributed by atoms with Crippen LogP contribution in [-0.4, -0.2) is 55.1 Å². The lowest BCUT2D eigenvalue weighted by molar-refractivity contribution is -0.147. The molecule has 2 aliphatic rings. The van der Waals surface area contributed by atoms with Gasteiger partial charge in [0.05, 0.1) is 13.2 Å². The van der Waals surface area contributed by atoms with E-state index in [-0.39, 0.29) is 18.6 Å². The summed E-state index contributed by atoms with van der Waals surface area (Å²) in [5.74, 6) is -0.492. The second kappa shape index (κ2) is 5.46. The van der Waals surface area contributed by atoms with Crippen molar-refractivity contribution in [2.45, 2.75) is 31.3 Å². The first-order chi connectivity index (χ1) is 8.18. The molecular formula is C11H19N3O3. The molecule has 6 heteroatoms. The van der Waals surface area contributed by atoms with Crippen molar-refractivity contribution in [1.29, 1.82) is 0 Å². The summed E-state index contributed by atoms with van der Waals surface area (Å²) in [5, 5.41) is 3.28. The van der Waals surface area contributed by atoms with Crippen LogP contribution in [0.25, 0.3) is 0 Å². The number of rotatable bonds is 3. The van der Waals surface area contributed by atoms with Gasteiger partial charge in [-0.2, -0.15) is 0 Å². The number of morpholine rings is 1. The summed E-state index contributed by atoms with van der Waals surface area (Å²) in [7, 11) is 0. The maximum Gasteiger partial charge on any atom is 0.242 e. The fraction of sp³-hybridized carbons (Fsp3) is 0.818. The molecule has 2 aliphatic heterocycles. The number of hydrogen-bond acceptors (Lipinski definition) is 4. The molecule has 2 atom stereocenters. The molecule has 6 nitrogen and oxygen atoms in total. The quantitative estimate of drug-likeness (QED) is 0.653. The number of carbonyl (C=O) groups excluding carboxylic acids is 2. The highest BCUT2D eigenvalue weighted by atomic mass is 16.5. The smallest absolute Gasteiger partial charge is 0.242 e. The Morgan fingerprint density at radius 2 is 2.29 bits per heavy atom. The van der Waals surface area contributed by atoms with E-state index in [1.807, 2.05) is 0 Å². The van der Waals surface area contributed by atoms with Crippen LogP contribution < -0.4 is 11.1 Å². The van der Waals surface area contributed by atoms with Crippen molar-refractivity contribution in [1.82, 2.24) is 10.2 Å². The van der Waals surface area contributed by atoms with Crippen molar-refractivity contribution >= 4 is 11.8 Å². The first-order valence-corrected chi connectivity index (χ1v) is 6.08. The molecule has 2 unspecified atom stereocenters. The predicted molar refractivity (Wildman–Crippen MR) is 61.2 cm³/mol. The van der Waals surface area contributed by atoms with Gasteiger partial charge in [-0.3, -0.25) is 9.59 Å². The average molecular weight is 241 g/mol. The molecule has 3 N–H and O–H groups in total. The fourth-order valence-electron chi connectivity index (χ4n) is 2.40. The van der Waals surface area contributed by atoms with Gasteiger partial charge in [-0.1, -0.05) is 0 Å². The van der Waals surface area contributed by atoms with E-state index in [1.165, 1.54) is 0 Å². The Labute approximate surface area is 100 Å². The van der Waals surface area contributed by atoms with Gasteiger partial charge < -0.3 is 20.7 Å². The van der Waals surface area contributed by atoms with Gasteiger partial charge in [-0.05, 0) is 19.4 Å². The minimum Gasteiger partial charge on any atom is -0.377 e. The molecule has 0 aromatic heterocycles. The number of primary amides is 1. The summed E-state index contributed by atoms with van der Waals surface area (Å²) in [6.07, 6.45) is 2.58. The Morgan fingerprint density at radius 1 is 1.47 bits per heavy atom. The summed E-state index contributed by atoms with van der Waals surface area (Å²) in [5.41, 5.74) is 5.28. The lowest BCUT2D eigenvalue weighted by atomic mass is 10.1. The molecule has 2 fully saturated rings. The maximum atomic E-state index is 12.1. The Kier molecular flexibility index (Phi) is 3.96. The van der Waals surface area contributed by atoms with Crippen LogP contribution in [0.2, 0.25) is 0 Å². The van der Waals surface area contributed by atoms with E-state index >= 15 is 0 Å². The second-order valence-electron chi connectivity index (χ2n) is 4.58. The van der Waals surface area contributed by atoms with Gasteiger partial charge in [0.25, 0.3) is 0 Å². The molecule has 0 spiro atoms. The van der Waals surface area contributed by atoms with E-state index in [0.717, 1.165) is 19.4 Å². The molecule has 0 radical (unpaired) electrons. The van der Waals surface area contributed by atoms with Crippen LogP contribution in [0, 0.1) is 0 Å². The van der Waals surface area contributed by atoms with Gasteiger partial charge >= 0.3 is 0 Å². The van der Waals surface area contributed by atoms with E-state index < -0.39 is 11.9 Å². The zero-order valence-electron chi connectivity index (χ0n) is 9.85. The maximum absolute atomic E-state index is 12.1. The van der Waals surface area contributed by atoms with Crippen LogP contribution in [0.3, 0.4) is 0 Å². The second-order valence-corrected chi connectivity index (χ2v) is 4.58. The summed E-state index contributed by atoms with van der Waals surface area (Å²) < 4.78 is 5.18. The third-order valence-electron chi connectivity index (χ3n) is 3.36. The SMILES string of the molecule is NC(=O)C1COCCN1C(=O)CC1CCCN1. The lowest BCUT2D eigenvalue weighted by Gasteiger charge is -2.34. The van der Waals surface area contributed by atoms with Gasteiger partial charge in [-0.15, -0.1) is 0 Å². The van der Waals surface area contributed by atoms with E-state index in [2.05, 4.69) is 5.32 Å². The molecule has 17 heavy (non-hydrogen) atoms. The summed E-state index contributed by atoms with van der Waals surface area (Å²) in [4.78, 5) is 24.9. The molecule has 0 bridgehead atoms. The summed E-state index contributed by atoms with van der Waals surface area (Å²) in [6, 6.07) is -0.350. The highest BCUT2D eigenvalue weighted by Gasteiger charge is 2.32. The van der Waals surface area contributed by atoms with Gasteiger partial charge in [0.2, 0.25) is 11.8 Å². The van der Waals surface area contributed by atoms with Crippen LogP contribution in [-0.2, 0) is 14.3 Å². The largest absolute Gasteiger partial charge is 0.377 e. The number of nitrogens with zero attached hydrogens (tertiary/aromatic N) is 1. The van der Waals surface area contributed by atoms with Gasteiger partial charge in [0.15, 0.2) is 0 Å². The minimum atomic E-state index is -0.599. The Hall–Kier alpha value is -1.14. The predicted octanol–water partition coefficient (Wildman–Crippen LogP) is -1.16. The van der Waals surface area contributed by atoms with Crippen LogP contribution in [0.1, 0.15) is 19.3 Å². The number of nitrogens with one attached hydrogen (secondary N) is 1. The number of ether oxygens (including phenoxy) is 1. The van der Waals surface area contributed by atoms with Crippen LogP contribution in [0.15, 0.2) is 0 Å². The molecule has 2 rings (SSSR count). The highest BCUT2D eigenvalue weighted by molar-refractivity contribution is 5.87. The van der Waals surface area contributed by atoms with E-state index in [1.54, 1.807) is 4.90 Å². The van der Waals surface area contributed by atoms with Crippen LogP contribution >= 0.6 is 0 Å². The highest BCUT2D eigenvalue weighted by Crippen LogP contribution is 2.14. The van der Waals surface area contributed by atoms with E-state index in [0.29, 0.717) is 19.6 Å². The van der Waals surface area contributed by atoms with Gasteiger partial charge in [0.1, 0.15) is 6.04 Å². The minimum absolute atomic E-state index is 0.00324. The fourth-order valence-corrected chi connectivity index (χ4v) is 2.40.